The SMILES string of the molecule is COOCc1ccc(C(=O)O)c(C(=O)Nc2ccc(S(=O)(=O)c3ccc(NOCc4cc(C(=O)OC)ccc4COO)cc3)cc2)c1. The van der Waals surface area contributed by atoms with Gasteiger partial charge in [-0.2, -0.15) is 0 Å². The second kappa shape index (κ2) is 15.9. The molecule has 4 aromatic carbocycles. The van der Waals surface area contributed by atoms with Crippen molar-refractivity contribution in [2.24, 2.45) is 0 Å². The molecule has 0 aromatic heterocycles. The zero-order valence-electron chi connectivity index (χ0n) is 25.1. The van der Waals surface area contributed by atoms with Crippen LogP contribution in [0.1, 0.15) is 47.8 Å². The molecule has 0 radical (unpaired) electrons. The number of carboxylic acid groups (broad SMARTS) is 1. The van der Waals surface area contributed by atoms with Gasteiger partial charge in [0.25, 0.3) is 5.91 Å². The van der Waals surface area contributed by atoms with E-state index in [0.717, 1.165) is 0 Å². The summed E-state index contributed by atoms with van der Waals surface area (Å²) in [6.45, 7) is -0.176. The lowest BCUT2D eigenvalue weighted by atomic mass is 10.0. The summed E-state index contributed by atoms with van der Waals surface area (Å²) in [6.07, 6.45) is 0. The van der Waals surface area contributed by atoms with Gasteiger partial charge in [-0.05, 0) is 89.5 Å². The fourth-order valence-corrected chi connectivity index (χ4v) is 5.61. The van der Waals surface area contributed by atoms with Crippen molar-refractivity contribution in [1.82, 2.24) is 0 Å². The predicted molar refractivity (Wildman–Crippen MR) is 165 cm³/mol. The molecule has 0 fully saturated rings. The molecule has 0 saturated carbocycles. The Hall–Kier alpha value is -5.16. The third-order valence-electron chi connectivity index (χ3n) is 6.75. The van der Waals surface area contributed by atoms with E-state index in [-0.39, 0.29) is 52.0 Å². The minimum atomic E-state index is -3.94. The number of amides is 1. The first-order chi connectivity index (χ1) is 22.6. The van der Waals surface area contributed by atoms with Gasteiger partial charge in [-0.1, -0.05) is 12.1 Å². The zero-order chi connectivity index (χ0) is 34.0. The number of hydrogen-bond acceptors (Lipinski definition) is 12. The van der Waals surface area contributed by atoms with Crippen LogP contribution in [0.2, 0.25) is 0 Å². The van der Waals surface area contributed by atoms with Crippen LogP contribution >= 0.6 is 0 Å². The fourth-order valence-electron chi connectivity index (χ4n) is 4.35. The smallest absolute Gasteiger partial charge is 0.337 e. The number of benzene rings is 4. The lowest BCUT2D eigenvalue weighted by Gasteiger charge is -2.12. The van der Waals surface area contributed by atoms with Gasteiger partial charge in [-0.15, -0.1) is 0 Å². The Kier molecular flexibility index (Phi) is 11.7. The van der Waals surface area contributed by atoms with Crippen LogP contribution in [0.4, 0.5) is 11.4 Å². The number of sulfone groups is 1. The second-order valence-electron chi connectivity index (χ2n) is 9.76. The first-order valence-corrected chi connectivity index (χ1v) is 15.2. The van der Waals surface area contributed by atoms with Crippen LogP contribution in [0, 0.1) is 0 Å². The molecule has 0 aliphatic rings. The molecule has 0 aliphatic carbocycles. The molecule has 15 heteroatoms. The van der Waals surface area contributed by atoms with E-state index in [4.69, 9.17) is 19.7 Å². The molecule has 0 aliphatic heterocycles. The minimum Gasteiger partial charge on any atom is -0.478 e. The molecule has 0 atom stereocenters. The maximum atomic E-state index is 13.3. The fraction of sp³-hybridized carbons (Fsp3) is 0.156. The van der Waals surface area contributed by atoms with Crippen molar-refractivity contribution in [2.75, 3.05) is 25.0 Å². The van der Waals surface area contributed by atoms with Gasteiger partial charge in [0.1, 0.15) is 19.8 Å². The summed E-state index contributed by atoms with van der Waals surface area (Å²) in [5.74, 6) is -2.55. The van der Waals surface area contributed by atoms with Crippen molar-refractivity contribution in [2.45, 2.75) is 29.6 Å². The van der Waals surface area contributed by atoms with Gasteiger partial charge in [0.05, 0.1) is 46.4 Å². The molecule has 0 unspecified atom stereocenters. The number of ether oxygens (including phenoxy) is 1. The number of aromatic carboxylic acids is 1. The van der Waals surface area contributed by atoms with E-state index in [0.29, 0.717) is 22.4 Å². The van der Waals surface area contributed by atoms with E-state index in [1.165, 1.54) is 87.0 Å². The van der Waals surface area contributed by atoms with Crippen LogP contribution in [-0.4, -0.2) is 50.8 Å². The Morgan fingerprint density at radius 1 is 0.745 bits per heavy atom. The van der Waals surface area contributed by atoms with Gasteiger partial charge < -0.3 is 15.2 Å². The summed E-state index contributed by atoms with van der Waals surface area (Å²) in [5, 5.41) is 20.9. The normalized spacial score (nSPS) is 11.1. The molecule has 4 aromatic rings. The molecule has 4 N–H and O–H groups in total. The van der Waals surface area contributed by atoms with Crippen molar-refractivity contribution in [3.63, 3.8) is 0 Å². The van der Waals surface area contributed by atoms with Crippen molar-refractivity contribution in [3.05, 3.63) is 118 Å². The summed E-state index contributed by atoms with van der Waals surface area (Å²) in [7, 11) is -1.37. The second-order valence-corrected chi connectivity index (χ2v) is 11.7. The Balaban J connectivity index is 1.41. The van der Waals surface area contributed by atoms with Gasteiger partial charge in [-0.3, -0.25) is 20.4 Å². The number of carbonyl (C=O) groups excluding carboxylic acids is 2. The number of carboxylic acids is 1. The molecule has 246 valence electrons. The van der Waals surface area contributed by atoms with Crippen molar-refractivity contribution < 1.29 is 57.4 Å². The Morgan fingerprint density at radius 2 is 1.40 bits per heavy atom. The molecule has 0 bridgehead atoms. The van der Waals surface area contributed by atoms with Crippen LogP contribution in [0.3, 0.4) is 0 Å². The van der Waals surface area contributed by atoms with Crippen molar-refractivity contribution >= 4 is 39.1 Å². The van der Waals surface area contributed by atoms with E-state index in [1.807, 2.05) is 0 Å². The standard InChI is InChI=1S/C32H30N2O12S/c1-42-32(38)21-4-5-22(19-45-39)23(16-21)18-44-34-25-8-12-27(13-9-25)47(40,41)26-10-6-24(7-11-26)33-30(35)29-15-20(17-46-43-2)3-14-28(29)31(36)37/h3-16,34,39H,17-19H2,1-2H3,(H,33,35)(H,36,37). The average Bonchev–Trinajstić information content (AvgIpc) is 3.08. The molecule has 0 saturated heterocycles. The minimum absolute atomic E-state index is 0.00538. The number of carbonyl (C=O) groups is 3. The molecular formula is C32H30N2O12S. The number of nitrogens with one attached hydrogen (secondary N) is 2. The van der Waals surface area contributed by atoms with E-state index < -0.39 is 27.7 Å². The first kappa shape index (κ1) is 34.7. The topological polar surface area (TPSA) is 196 Å². The van der Waals surface area contributed by atoms with E-state index in [1.54, 1.807) is 12.1 Å². The third-order valence-corrected chi connectivity index (χ3v) is 8.54. The largest absolute Gasteiger partial charge is 0.478 e. The zero-order valence-corrected chi connectivity index (χ0v) is 25.9. The third kappa shape index (κ3) is 8.76. The molecule has 0 spiro atoms. The quantitative estimate of drug-likeness (QED) is 0.0763. The van der Waals surface area contributed by atoms with Crippen LogP contribution in [0.15, 0.2) is 94.7 Å². The van der Waals surface area contributed by atoms with Gasteiger partial charge in [0, 0.05) is 5.69 Å². The van der Waals surface area contributed by atoms with Crippen LogP contribution in [0.25, 0.3) is 0 Å². The predicted octanol–water partition coefficient (Wildman–Crippen LogP) is 4.87. The van der Waals surface area contributed by atoms with Gasteiger partial charge in [0.2, 0.25) is 9.84 Å². The number of hydrogen-bond donors (Lipinski definition) is 4. The van der Waals surface area contributed by atoms with E-state index >= 15 is 0 Å². The highest BCUT2D eigenvalue weighted by molar-refractivity contribution is 7.91. The lowest BCUT2D eigenvalue weighted by molar-refractivity contribution is -0.282. The van der Waals surface area contributed by atoms with Crippen LogP contribution in [-0.2, 0) is 53.9 Å². The number of anilines is 2. The Bertz CT molecular complexity index is 1840. The van der Waals surface area contributed by atoms with E-state index in [2.05, 4.69) is 20.6 Å². The summed E-state index contributed by atoms with van der Waals surface area (Å²) in [5.41, 5.74) is 4.94. The van der Waals surface area contributed by atoms with E-state index in [9.17, 15) is 27.9 Å². The van der Waals surface area contributed by atoms with Crippen molar-refractivity contribution in [3.8, 4) is 0 Å². The van der Waals surface area contributed by atoms with Gasteiger partial charge in [-0.25, -0.2) is 32.7 Å². The van der Waals surface area contributed by atoms with Crippen LogP contribution in [0.5, 0.6) is 0 Å². The first-order valence-electron chi connectivity index (χ1n) is 13.7. The highest BCUT2D eigenvalue weighted by atomic mass is 32.2. The van der Waals surface area contributed by atoms with Gasteiger partial charge >= 0.3 is 11.9 Å². The molecule has 1 amide bonds. The highest BCUT2D eigenvalue weighted by Gasteiger charge is 2.20. The molecule has 0 heterocycles. The van der Waals surface area contributed by atoms with Crippen LogP contribution < -0.4 is 10.8 Å². The maximum Gasteiger partial charge on any atom is 0.337 e. The number of methoxy groups -OCH3 is 1. The molecule has 14 nitrogen and oxygen atoms in total. The summed E-state index contributed by atoms with van der Waals surface area (Å²) >= 11 is 0. The number of esters is 1. The summed E-state index contributed by atoms with van der Waals surface area (Å²) in [4.78, 5) is 55.6. The van der Waals surface area contributed by atoms with Gasteiger partial charge in [0.15, 0.2) is 0 Å². The Labute approximate surface area is 269 Å². The van der Waals surface area contributed by atoms with Crippen molar-refractivity contribution in [1.29, 1.82) is 0 Å². The summed E-state index contributed by atoms with van der Waals surface area (Å²) < 4.78 is 31.2. The molecule has 4 rings (SSSR count). The average molecular weight is 667 g/mol. The maximum absolute atomic E-state index is 13.3. The molecular weight excluding hydrogens is 636 g/mol. The number of rotatable bonds is 15. The molecule has 47 heavy (non-hydrogen) atoms. The highest BCUT2D eigenvalue weighted by Crippen LogP contribution is 2.25. The monoisotopic (exact) mass is 666 g/mol. The summed E-state index contributed by atoms with van der Waals surface area (Å²) in [6, 6.07) is 20.0. The lowest BCUT2D eigenvalue weighted by Crippen LogP contribution is -2.17. The Morgan fingerprint density at radius 3 is 2.00 bits per heavy atom.